The number of rotatable bonds is 5. The first kappa shape index (κ1) is 15.0. The van der Waals surface area contributed by atoms with E-state index in [1.54, 1.807) is 16.9 Å². The van der Waals surface area contributed by atoms with Crippen molar-refractivity contribution in [1.82, 2.24) is 14.5 Å². The number of hydrogen-bond donors (Lipinski definition) is 2. The van der Waals surface area contributed by atoms with Crippen LogP contribution in [0.15, 0.2) is 40.0 Å². The van der Waals surface area contributed by atoms with Crippen molar-refractivity contribution in [3.05, 3.63) is 40.6 Å². The van der Waals surface area contributed by atoms with Gasteiger partial charge in [-0.25, -0.2) is 13.1 Å². The molecular weight excluding hydrogens is 344 g/mol. The number of aryl methyl sites for hydroxylation is 1. The molecule has 0 saturated heterocycles. The van der Waals surface area contributed by atoms with Crippen molar-refractivity contribution in [2.45, 2.75) is 11.3 Å². The number of nitrogens with two attached hydrogens (primary N) is 1. The molecule has 108 valence electrons. The van der Waals surface area contributed by atoms with Gasteiger partial charge in [0.15, 0.2) is 0 Å². The van der Waals surface area contributed by atoms with Crippen molar-refractivity contribution < 1.29 is 8.42 Å². The highest BCUT2D eigenvalue weighted by molar-refractivity contribution is 9.10. The summed E-state index contributed by atoms with van der Waals surface area (Å²) in [6.07, 6.45) is 4.15. The summed E-state index contributed by atoms with van der Waals surface area (Å²) < 4.78 is 29.1. The van der Waals surface area contributed by atoms with Crippen molar-refractivity contribution >= 4 is 31.6 Å². The molecule has 0 radical (unpaired) electrons. The molecule has 3 N–H and O–H groups in total. The molecule has 1 heterocycles. The van der Waals surface area contributed by atoms with Gasteiger partial charge in [-0.15, -0.1) is 0 Å². The van der Waals surface area contributed by atoms with Crippen molar-refractivity contribution in [3.63, 3.8) is 0 Å². The molecule has 0 bridgehead atoms. The van der Waals surface area contributed by atoms with E-state index >= 15 is 0 Å². The van der Waals surface area contributed by atoms with E-state index in [9.17, 15) is 8.42 Å². The Morgan fingerprint density at radius 1 is 1.45 bits per heavy atom. The van der Waals surface area contributed by atoms with Crippen LogP contribution in [0.4, 0.5) is 5.69 Å². The molecule has 0 amide bonds. The maximum atomic E-state index is 12.1. The molecular formula is C12H15BrN4O2S. The third kappa shape index (κ3) is 3.59. The van der Waals surface area contributed by atoms with Crippen LogP contribution >= 0.6 is 15.9 Å². The van der Waals surface area contributed by atoms with E-state index in [-0.39, 0.29) is 4.90 Å². The van der Waals surface area contributed by atoms with Gasteiger partial charge < -0.3 is 5.73 Å². The monoisotopic (exact) mass is 358 g/mol. The van der Waals surface area contributed by atoms with Crippen molar-refractivity contribution in [3.8, 4) is 0 Å². The Bertz CT molecular complexity index is 712. The van der Waals surface area contributed by atoms with Crippen LogP contribution in [0.3, 0.4) is 0 Å². The summed E-state index contributed by atoms with van der Waals surface area (Å²) in [5, 5.41) is 4.03. The Morgan fingerprint density at radius 2 is 2.20 bits per heavy atom. The van der Waals surface area contributed by atoms with E-state index in [1.165, 1.54) is 12.1 Å². The Hall–Kier alpha value is -1.38. The van der Waals surface area contributed by atoms with Gasteiger partial charge in [0.2, 0.25) is 10.0 Å². The third-order valence-corrected chi connectivity index (χ3v) is 4.92. The topological polar surface area (TPSA) is 90.0 Å². The van der Waals surface area contributed by atoms with Gasteiger partial charge in [-0.2, -0.15) is 5.10 Å². The second kappa shape index (κ2) is 5.94. The molecule has 0 aliphatic rings. The third-order valence-electron chi connectivity index (χ3n) is 2.74. The average Bonchev–Trinajstić information content (AvgIpc) is 2.78. The van der Waals surface area contributed by atoms with Crippen LogP contribution in [0.5, 0.6) is 0 Å². The SMILES string of the molecule is Cn1cc(CCNS(=O)(=O)c2ccc(Br)c(N)c2)cn1. The van der Waals surface area contributed by atoms with Gasteiger partial charge in [0.05, 0.1) is 11.1 Å². The number of nitrogens with one attached hydrogen (secondary N) is 1. The predicted octanol–water partition coefficient (Wildman–Crippen LogP) is 1.29. The van der Waals surface area contributed by atoms with Crippen LogP contribution in [-0.2, 0) is 23.5 Å². The molecule has 0 unspecified atom stereocenters. The number of aromatic nitrogens is 2. The average molecular weight is 359 g/mol. The first-order valence-electron chi connectivity index (χ1n) is 5.91. The molecule has 0 saturated carbocycles. The Balaban J connectivity index is 2.02. The van der Waals surface area contributed by atoms with E-state index < -0.39 is 10.0 Å². The summed E-state index contributed by atoms with van der Waals surface area (Å²) in [5.41, 5.74) is 7.06. The fraction of sp³-hybridized carbons (Fsp3) is 0.250. The molecule has 8 heteroatoms. The first-order valence-corrected chi connectivity index (χ1v) is 8.18. The first-order chi connectivity index (χ1) is 9.38. The largest absolute Gasteiger partial charge is 0.398 e. The molecule has 1 aromatic carbocycles. The molecule has 1 aromatic heterocycles. The van der Waals surface area contributed by atoms with Gasteiger partial charge >= 0.3 is 0 Å². The minimum absolute atomic E-state index is 0.157. The fourth-order valence-electron chi connectivity index (χ4n) is 1.70. The standard InChI is InChI=1S/C12H15BrN4O2S/c1-17-8-9(7-15-17)4-5-16-20(18,19)10-2-3-11(13)12(14)6-10/h2-3,6-8,16H,4-5,14H2,1H3. The Labute approximate surface area is 126 Å². The zero-order valence-electron chi connectivity index (χ0n) is 10.9. The van der Waals surface area contributed by atoms with E-state index in [2.05, 4.69) is 25.8 Å². The molecule has 0 aliphatic carbocycles. The lowest BCUT2D eigenvalue weighted by Crippen LogP contribution is -2.26. The number of benzene rings is 1. The number of anilines is 1. The van der Waals surface area contributed by atoms with E-state index in [0.717, 1.165) is 5.56 Å². The number of nitrogens with zero attached hydrogens (tertiary/aromatic N) is 2. The summed E-state index contributed by atoms with van der Waals surface area (Å²) in [4.78, 5) is 0.157. The van der Waals surface area contributed by atoms with E-state index in [1.807, 2.05) is 13.2 Å². The molecule has 20 heavy (non-hydrogen) atoms. The number of hydrogen-bond acceptors (Lipinski definition) is 4. The maximum absolute atomic E-state index is 12.1. The van der Waals surface area contributed by atoms with Crippen LogP contribution in [0, 0.1) is 0 Å². The number of sulfonamides is 1. The van der Waals surface area contributed by atoms with Crippen LogP contribution < -0.4 is 10.5 Å². The minimum atomic E-state index is -3.54. The lowest BCUT2D eigenvalue weighted by Gasteiger charge is -2.07. The predicted molar refractivity (Wildman–Crippen MR) is 80.7 cm³/mol. The zero-order valence-corrected chi connectivity index (χ0v) is 13.3. The summed E-state index contributed by atoms with van der Waals surface area (Å²) >= 11 is 3.23. The lowest BCUT2D eigenvalue weighted by molar-refractivity contribution is 0.581. The zero-order chi connectivity index (χ0) is 14.8. The van der Waals surface area contributed by atoms with Gasteiger partial charge in [-0.05, 0) is 46.1 Å². The molecule has 2 rings (SSSR count). The van der Waals surface area contributed by atoms with Crippen LogP contribution in [0.25, 0.3) is 0 Å². The second-order valence-electron chi connectivity index (χ2n) is 4.35. The summed E-state index contributed by atoms with van der Waals surface area (Å²) in [6, 6.07) is 4.55. The molecule has 0 fully saturated rings. The highest BCUT2D eigenvalue weighted by atomic mass is 79.9. The fourth-order valence-corrected chi connectivity index (χ4v) is 3.02. The summed E-state index contributed by atoms with van der Waals surface area (Å²) in [6.45, 7) is 0.310. The summed E-state index contributed by atoms with van der Waals surface area (Å²) in [5.74, 6) is 0. The minimum Gasteiger partial charge on any atom is -0.398 e. The van der Waals surface area contributed by atoms with Gasteiger partial charge in [0.25, 0.3) is 0 Å². The number of halogens is 1. The van der Waals surface area contributed by atoms with Crippen LogP contribution in [0.1, 0.15) is 5.56 Å². The highest BCUT2D eigenvalue weighted by Gasteiger charge is 2.14. The maximum Gasteiger partial charge on any atom is 0.240 e. The van der Waals surface area contributed by atoms with Crippen molar-refractivity contribution in [1.29, 1.82) is 0 Å². The summed E-state index contributed by atoms with van der Waals surface area (Å²) in [7, 11) is -1.72. The number of nitrogen functional groups attached to an aromatic ring is 1. The van der Waals surface area contributed by atoms with Gasteiger partial charge in [0, 0.05) is 29.9 Å². The molecule has 0 aliphatic heterocycles. The van der Waals surface area contributed by atoms with Crippen LogP contribution in [-0.4, -0.2) is 24.7 Å². The van der Waals surface area contributed by atoms with Crippen LogP contribution in [0.2, 0.25) is 0 Å². The van der Waals surface area contributed by atoms with E-state index in [4.69, 9.17) is 5.73 Å². The van der Waals surface area contributed by atoms with Gasteiger partial charge in [-0.3, -0.25) is 4.68 Å². The normalized spacial score (nSPS) is 11.7. The van der Waals surface area contributed by atoms with Gasteiger partial charge in [-0.1, -0.05) is 0 Å². The van der Waals surface area contributed by atoms with Crippen molar-refractivity contribution in [2.75, 3.05) is 12.3 Å². The quantitative estimate of drug-likeness (QED) is 0.787. The smallest absolute Gasteiger partial charge is 0.240 e. The van der Waals surface area contributed by atoms with Crippen molar-refractivity contribution in [2.24, 2.45) is 7.05 Å². The molecule has 6 nitrogen and oxygen atoms in total. The molecule has 0 spiro atoms. The van der Waals surface area contributed by atoms with Gasteiger partial charge in [0.1, 0.15) is 0 Å². The van der Waals surface area contributed by atoms with E-state index in [0.29, 0.717) is 23.1 Å². The second-order valence-corrected chi connectivity index (χ2v) is 6.97. The molecule has 0 atom stereocenters. The molecule has 2 aromatic rings. The Morgan fingerprint density at radius 3 is 2.80 bits per heavy atom. The lowest BCUT2D eigenvalue weighted by atomic mass is 10.3. The highest BCUT2D eigenvalue weighted by Crippen LogP contribution is 2.22. The Kier molecular flexibility index (Phi) is 4.46.